The minimum atomic E-state index is 0.317. The monoisotopic (exact) mass is 251 g/mol. The molecule has 1 atom stereocenters. The first-order valence-electron chi connectivity index (χ1n) is 7.11. The molecule has 0 bridgehead atoms. The molecule has 0 spiro atoms. The molecule has 2 rings (SSSR count). The lowest BCUT2D eigenvalue weighted by Gasteiger charge is -2.24. The van der Waals surface area contributed by atoms with Crippen molar-refractivity contribution in [3.63, 3.8) is 0 Å². The van der Waals surface area contributed by atoms with Crippen LogP contribution < -0.4 is 0 Å². The highest BCUT2D eigenvalue weighted by Crippen LogP contribution is 2.24. The largest absolute Gasteiger partial charge is 0.396 e. The third-order valence-corrected chi connectivity index (χ3v) is 3.89. The zero-order valence-corrected chi connectivity index (χ0v) is 11.6. The summed E-state index contributed by atoms with van der Waals surface area (Å²) in [6, 6.07) is 0.655. The molecule has 1 aromatic heterocycles. The number of nitrogens with zero attached hydrogens (tertiary/aromatic N) is 3. The van der Waals surface area contributed by atoms with Crippen LogP contribution >= 0.6 is 0 Å². The van der Waals surface area contributed by atoms with Gasteiger partial charge in [0, 0.05) is 38.0 Å². The van der Waals surface area contributed by atoms with Crippen molar-refractivity contribution in [2.75, 3.05) is 13.2 Å². The maximum atomic E-state index is 8.96. The summed E-state index contributed by atoms with van der Waals surface area (Å²) in [6.45, 7) is 4.69. The van der Waals surface area contributed by atoms with Gasteiger partial charge in [0.05, 0.1) is 5.69 Å². The van der Waals surface area contributed by atoms with Gasteiger partial charge in [-0.1, -0.05) is 6.92 Å². The summed E-state index contributed by atoms with van der Waals surface area (Å²) in [5, 5.41) is 13.5. The summed E-state index contributed by atoms with van der Waals surface area (Å²) in [5.41, 5.74) is 2.60. The molecule has 0 aliphatic carbocycles. The predicted molar refractivity (Wildman–Crippen MR) is 72.3 cm³/mol. The molecule has 1 unspecified atom stereocenters. The highest BCUT2D eigenvalue weighted by Gasteiger charge is 2.24. The van der Waals surface area contributed by atoms with Crippen LogP contribution in [0.1, 0.15) is 43.9 Å². The van der Waals surface area contributed by atoms with Crippen molar-refractivity contribution in [2.45, 2.75) is 51.6 Å². The van der Waals surface area contributed by atoms with E-state index in [2.05, 4.69) is 23.1 Å². The Hall–Kier alpha value is -0.870. The number of aliphatic hydroxyl groups is 1. The van der Waals surface area contributed by atoms with Gasteiger partial charge in [0.2, 0.25) is 0 Å². The fourth-order valence-electron chi connectivity index (χ4n) is 2.99. The second-order valence-electron chi connectivity index (χ2n) is 5.26. The summed E-state index contributed by atoms with van der Waals surface area (Å²) >= 11 is 0. The lowest BCUT2D eigenvalue weighted by molar-refractivity contribution is 0.210. The molecule has 1 aliphatic heterocycles. The number of hydrogen-bond acceptors (Lipinski definition) is 3. The second kappa shape index (κ2) is 6.34. The summed E-state index contributed by atoms with van der Waals surface area (Å²) < 4.78 is 1.92. The van der Waals surface area contributed by atoms with Crippen molar-refractivity contribution in [3.05, 3.63) is 17.5 Å². The van der Waals surface area contributed by atoms with E-state index in [0.717, 1.165) is 25.8 Å². The summed E-state index contributed by atoms with van der Waals surface area (Å²) in [7, 11) is 2.00. The van der Waals surface area contributed by atoms with E-state index in [0.29, 0.717) is 12.6 Å². The Kier molecular flexibility index (Phi) is 4.78. The first-order chi connectivity index (χ1) is 8.74. The Balaban J connectivity index is 1.98. The number of aromatic nitrogens is 2. The van der Waals surface area contributed by atoms with E-state index in [9.17, 15) is 0 Å². The highest BCUT2D eigenvalue weighted by atomic mass is 16.2. The Bertz CT molecular complexity index is 375. The second-order valence-corrected chi connectivity index (χ2v) is 5.26. The summed E-state index contributed by atoms with van der Waals surface area (Å²) in [4.78, 5) is 2.56. The molecule has 2 heterocycles. The van der Waals surface area contributed by atoms with Crippen molar-refractivity contribution < 1.29 is 5.11 Å². The number of aryl methyl sites for hydroxylation is 2. The molecule has 1 N–H and O–H groups in total. The van der Waals surface area contributed by atoms with Gasteiger partial charge in [0.25, 0.3) is 0 Å². The van der Waals surface area contributed by atoms with Gasteiger partial charge in [0.1, 0.15) is 0 Å². The van der Waals surface area contributed by atoms with Crippen LogP contribution in [0.15, 0.2) is 6.20 Å². The lowest BCUT2D eigenvalue weighted by Crippen LogP contribution is -2.29. The van der Waals surface area contributed by atoms with Crippen LogP contribution in [0.25, 0.3) is 0 Å². The summed E-state index contributed by atoms with van der Waals surface area (Å²) in [5.74, 6) is 0. The van der Waals surface area contributed by atoms with E-state index in [1.165, 1.54) is 30.6 Å². The third-order valence-electron chi connectivity index (χ3n) is 3.89. The molecule has 0 aromatic carbocycles. The average Bonchev–Trinajstić information content (AvgIpc) is 2.94. The van der Waals surface area contributed by atoms with Gasteiger partial charge >= 0.3 is 0 Å². The van der Waals surface area contributed by atoms with Crippen molar-refractivity contribution in [3.8, 4) is 0 Å². The maximum Gasteiger partial charge on any atom is 0.0666 e. The van der Waals surface area contributed by atoms with E-state index in [1.54, 1.807) is 0 Å². The van der Waals surface area contributed by atoms with Crippen molar-refractivity contribution in [2.24, 2.45) is 7.05 Å². The fraction of sp³-hybridized carbons (Fsp3) is 0.786. The first-order valence-corrected chi connectivity index (χ1v) is 7.11. The Morgan fingerprint density at radius 3 is 3.06 bits per heavy atom. The minimum absolute atomic E-state index is 0.317. The third kappa shape index (κ3) is 3.12. The SMILES string of the molecule is CCc1nn(C)cc1CN1CCCC1CCCO. The Labute approximate surface area is 110 Å². The molecule has 18 heavy (non-hydrogen) atoms. The number of likely N-dealkylation sites (tertiary alicyclic amines) is 1. The zero-order valence-electron chi connectivity index (χ0n) is 11.6. The molecule has 4 heteroatoms. The first kappa shape index (κ1) is 13.6. The van der Waals surface area contributed by atoms with Gasteiger partial charge < -0.3 is 5.11 Å². The van der Waals surface area contributed by atoms with Crippen LogP contribution in [0.4, 0.5) is 0 Å². The standard InChI is InChI=1S/C14H25N3O/c1-3-14-12(10-16(2)15-14)11-17-8-4-6-13(17)7-5-9-18/h10,13,18H,3-9,11H2,1-2H3. The Morgan fingerprint density at radius 2 is 2.33 bits per heavy atom. The fourth-order valence-corrected chi connectivity index (χ4v) is 2.99. The van der Waals surface area contributed by atoms with E-state index >= 15 is 0 Å². The van der Waals surface area contributed by atoms with Crippen LogP contribution in [0, 0.1) is 0 Å². The molecule has 102 valence electrons. The van der Waals surface area contributed by atoms with Crippen LogP contribution in [0.3, 0.4) is 0 Å². The van der Waals surface area contributed by atoms with Gasteiger partial charge in [-0.2, -0.15) is 5.10 Å². The van der Waals surface area contributed by atoms with Gasteiger partial charge in [-0.05, 0) is 38.6 Å². The highest BCUT2D eigenvalue weighted by molar-refractivity contribution is 5.17. The molecular weight excluding hydrogens is 226 g/mol. The van der Waals surface area contributed by atoms with Gasteiger partial charge in [-0.15, -0.1) is 0 Å². The van der Waals surface area contributed by atoms with E-state index in [-0.39, 0.29) is 0 Å². The quantitative estimate of drug-likeness (QED) is 0.837. The van der Waals surface area contributed by atoms with Crippen molar-refractivity contribution in [1.29, 1.82) is 0 Å². The average molecular weight is 251 g/mol. The maximum absolute atomic E-state index is 8.96. The molecule has 0 saturated carbocycles. The summed E-state index contributed by atoms with van der Waals surface area (Å²) in [6.07, 6.45) is 7.78. The van der Waals surface area contributed by atoms with Crippen molar-refractivity contribution >= 4 is 0 Å². The van der Waals surface area contributed by atoms with E-state index < -0.39 is 0 Å². The molecule has 4 nitrogen and oxygen atoms in total. The van der Waals surface area contributed by atoms with Gasteiger partial charge in [-0.25, -0.2) is 0 Å². The molecule has 1 aliphatic rings. The molecule has 1 fully saturated rings. The number of rotatable bonds is 6. The minimum Gasteiger partial charge on any atom is -0.396 e. The predicted octanol–water partition coefficient (Wildman–Crippen LogP) is 1.72. The van der Waals surface area contributed by atoms with E-state index in [1.807, 2.05) is 11.7 Å². The van der Waals surface area contributed by atoms with Gasteiger partial charge in [0.15, 0.2) is 0 Å². The van der Waals surface area contributed by atoms with Crippen LogP contribution in [0.2, 0.25) is 0 Å². The van der Waals surface area contributed by atoms with Crippen LogP contribution in [-0.4, -0.2) is 39.0 Å². The molecule has 0 amide bonds. The molecule has 1 saturated heterocycles. The van der Waals surface area contributed by atoms with Crippen molar-refractivity contribution in [1.82, 2.24) is 14.7 Å². The lowest BCUT2D eigenvalue weighted by atomic mass is 10.1. The topological polar surface area (TPSA) is 41.3 Å². The normalized spacial score (nSPS) is 20.7. The smallest absolute Gasteiger partial charge is 0.0666 e. The Morgan fingerprint density at radius 1 is 1.50 bits per heavy atom. The molecule has 0 radical (unpaired) electrons. The van der Waals surface area contributed by atoms with Crippen LogP contribution in [-0.2, 0) is 20.0 Å². The van der Waals surface area contributed by atoms with E-state index in [4.69, 9.17) is 5.11 Å². The molecular formula is C14H25N3O. The van der Waals surface area contributed by atoms with Crippen LogP contribution in [0.5, 0.6) is 0 Å². The number of aliphatic hydroxyl groups excluding tert-OH is 1. The molecule has 1 aromatic rings. The number of hydrogen-bond donors (Lipinski definition) is 1. The van der Waals surface area contributed by atoms with Gasteiger partial charge in [-0.3, -0.25) is 9.58 Å². The zero-order chi connectivity index (χ0) is 13.0.